The van der Waals surface area contributed by atoms with E-state index in [1.54, 1.807) is 0 Å². The van der Waals surface area contributed by atoms with Crippen LogP contribution in [0.1, 0.15) is 37.7 Å². The molecule has 0 radical (unpaired) electrons. The van der Waals surface area contributed by atoms with Crippen molar-refractivity contribution in [3.8, 4) is 0 Å². The molecule has 0 saturated heterocycles. The fraction of sp³-hybridized carbons (Fsp3) is 0.545. The van der Waals surface area contributed by atoms with Crippen molar-refractivity contribution in [2.24, 2.45) is 5.92 Å². The maximum Gasteiger partial charge on any atom is 0.354 e. The van der Waals surface area contributed by atoms with E-state index in [1.165, 1.54) is 12.3 Å². The van der Waals surface area contributed by atoms with Crippen LogP contribution in [-0.2, 0) is 0 Å². The Hall–Kier alpha value is -1.65. The summed E-state index contributed by atoms with van der Waals surface area (Å²) in [6.07, 6.45) is 2.49. The molecule has 1 heterocycles. The van der Waals surface area contributed by atoms with E-state index in [0.29, 0.717) is 11.9 Å². The molecular weight excluding hydrogens is 206 g/mol. The van der Waals surface area contributed by atoms with Crippen LogP contribution in [0.15, 0.2) is 12.3 Å². The van der Waals surface area contributed by atoms with Gasteiger partial charge in [0.1, 0.15) is 0 Å². The van der Waals surface area contributed by atoms with E-state index in [1.807, 2.05) is 6.92 Å². The van der Waals surface area contributed by atoms with E-state index < -0.39 is 5.97 Å². The zero-order valence-electron chi connectivity index (χ0n) is 9.77. The molecule has 0 saturated carbocycles. The first kappa shape index (κ1) is 12.4. The third-order valence-corrected chi connectivity index (χ3v) is 2.73. The number of hydrogen-bond donors (Lipinski definition) is 2. The predicted molar refractivity (Wildman–Crippen MR) is 61.5 cm³/mol. The number of carbonyl (C=O) groups is 1. The van der Waals surface area contributed by atoms with Crippen molar-refractivity contribution in [3.63, 3.8) is 0 Å². The summed E-state index contributed by atoms with van der Waals surface area (Å²) in [6, 6.07) is 1.59. The highest BCUT2D eigenvalue weighted by atomic mass is 16.4. The van der Waals surface area contributed by atoms with E-state index in [0.717, 1.165) is 6.42 Å². The number of nitrogens with zero attached hydrogens (tertiary/aromatic N) is 2. The zero-order valence-corrected chi connectivity index (χ0v) is 9.77. The summed E-state index contributed by atoms with van der Waals surface area (Å²) in [6.45, 7) is 6.26. The Balaban J connectivity index is 2.74. The lowest BCUT2D eigenvalue weighted by Crippen LogP contribution is -2.24. The molecular formula is C11H17N3O2. The first-order valence-corrected chi connectivity index (χ1v) is 5.37. The van der Waals surface area contributed by atoms with Gasteiger partial charge in [-0.05, 0) is 18.9 Å². The van der Waals surface area contributed by atoms with Gasteiger partial charge in [0, 0.05) is 12.2 Å². The molecule has 0 spiro atoms. The van der Waals surface area contributed by atoms with Gasteiger partial charge in [-0.25, -0.2) is 14.8 Å². The second-order valence-corrected chi connectivity index (χ2v) is 3.89. The standard InChI is InChI=1S/C11H17N3O2/c1-4-7(2)8(3)13-11-12-6-5-9(14-11)10(15)16/h5-8H,4H2,1-3H3,(H,15,16)(H,12,13,14). The Morgan fingerprint density at radius 1 is 1.56 bits per heavy atom. The average molecular weight is 223 g/mol. The number of anilines is 1. The number of carboxylic acid groups (broad SMARTS) is 1. The fourth-order valence-corrected chi connectivity index (χ4v) is 1.25. The number of rotatable bonds is 5. The monoisotopic (exact) mass is 223 g/mol. The maximum absolute atomic E-state index is 10.7. The van der Waals surface area contributed by atoms with Crippen LogP contribution in [-0.4, -0.2) is 27.1 Å². The SMILES string of the molecule is CCC(C)C(C)Nc1nccc(C(=O)O)n1. The second-order valence-electron chi connectivity index (χ2n) is 3.89. The van der Waals surface area contributed by atoms with Crippen LogP contribution in [0.2, 0.25) is 0 Å². The zero-order chi connectivity index (χ0) is 12.1. The normalized spacial score (nSPS) is 14.2. The molecule has 1 rings (SSSR count). The molecule has 2 atom stereocenters. The van der Waals surface area contributed by atoms with E-state index in [2.05, 4.69) is 29.1 Å². The van der Waals surface area contributed by atoms with Crippen molar-refractivity contribution in [2.45, 2.75) is 33.2 Å². The Kier molecular flexibility index (Phi) is 4.22. The van der Waals surface area contributed by atoms with Gasteiger partial charge in [-0.2, -0.15) is 0 Å². The van der Waals surface area contributed by atoms with Crippen LogP contribution >= 0.6 is 0 Å². The first-order valence-electron chi connectivity index (χ1n) is 5.37. The molecule has 0 aromatic carbocycles. The lowest BCUT2D eigenvalue weighted by atomic mass is 10.0. The number of aromatic carboxylic acids is 1. The van der Waals surface area contributed by atoms with Crippen molar-refractivity contribution in [2.75, 3.05) is 5.32 Å². The lowest BCUT2D eigenvalue weighted by molar-refractivity contribution is 0.0690. The maximum atomic E-state index is 10.7. The molecule has 5 heteroatoms. The van der Waals surface area contributed by atoms with Crippen LogP contribution in [0.5, 0.6) is 0 Å². The minimum atomic E-state index is -1.04. The van der Waals surface area contributed by atoms with E-state index in [4.69, 9.17) is 5.11 Å². The Bertz CT molecular complexity index is 368. The van der Waals surface area contributed by atoms with Crippen LogP contribution in [0.4, 0.5) is 5.95 Å². The summed E-state index contributed by atoms with van der Waals surface area (Å²) in [5, 5.41) is 11.9. The molecule has 2 unspecified atom stereocenters. The Morgan fingerprint density at radius 2 is 2.25 bits per heavy atom. The lowest BCUT2D eigenvalue weighted by Gasteiger charge is -2.19. The third kappa shape index (κ3) is 3.18. The highest BCUT2D eigenvalue weighted by molar-refractivity contribution is 5.85. The molecule has 1 aromatic rings. The van der Waals surface area contributed by atoms with Gasteiger partial charge >= 0.3 is 5.97 Å². The van der Waals surface area contributed by atoms with E-state index in [9.17, 15) is 4.79 Å². The van der Waals surface area contributed by atoms with Crippen LogP contribution < -0.4 is 5.32 Å². The molecule has 0 aliphatic rings. The van der Waals surface area contributed by atoms with Gasteiger partial charge < -0.3 is 10.4 Å². The quantitative estimate of drug-likeness (QED) is 0.798. The van der Waals surface area contributed by atoms with Gasteiger partial charge in [-0.1, -0.05) is 20.3 Å². The predicted octanol–water partition coefficient (Wildman–Crippen LogP) is 2.02. The van der Waals surface area contributed by atoms with Gasteiger partial charge in [0.05, 0.1) is 0 Å². The minimum Gasteiger partial charge on any atom is -0.477 e. The van der Waals surface area contributed by atoms with Crippen molar-refractivity contribution in [3.05, 3.63) is 18.0 Å². The number of carboxylic acids is 1. The fourth-order valence-electron chi connectivity index (χ4n) is 1.25. The Labute approximate surface area is 94.9 Å². The smallest absolute Gasteiger partial charge is 0.354 e. The molecule has 0 aliphatic carbocycles. The molecule has 0 amide bonds. The van der Waals surface area contributed by atoms with Gasteiger partial charge in [-0.3, -0.25) is 0 Å². The number of hydrogen-bond acceptors (Lipinski definition) is 4. The van der Waals surface area contributed by atoms with Crippen LogP contribution in [0, 0.1) is 5.92 Å². The minimum absolute atomic E-state index is 0.00820. The van der Waals surface area contributed by atoms with Gasteiger partial charge in [0.25, 0.3) is 0 Å². The van der Waals surface area contributed by atoms with Crippen molar-refractivity contribution in [1.29, 1.82) is 0 Å². The summed E-state index contributed by atoms with van der Waals surface area (Å²) in [5.74, 6) is -0.188. The molecule has 2 N–H and O–H groups in total. The van der Waals surface area contributed by atoms with Gasteiger partial charge in [0.15, 0.2) is 5.69 Å². The van der Waals surface area contributed by atoms with Crippen LogP contribution in [0.3, 0.4) is 0 Å². The molecule has 0 aliphatic heterocycles. The highest BCUT2D eigenvalue weighted by Crippen LogP contribution is 2.11. The summed E-state index contributed by atoms with van der Waals surface area (Å²) in [5.41, 5.74) is 0.00820. The average Bonchev–Trinajstić information content (AvgIpc) is 2.28. The summed E-state index contributed by atoms with van der Waals surface area (Å²) < 4.78 is 0. The largest absolute Gasteiger partial charge is 0.477 e. The van der Waals surface area contributed by atoms with E-state index in [-0.39, 0.29) is 11.7 Å². The number of aromatic nitrogens is 2. The van der Waals surface area contributed by atoms with Crippen molar-refractivity contribution in [1.82, 2.24) is 9.97 Å². The third-order valence-electron chi connectivity index (χ3n) is 2.73. The second kappa shape index (κ2) is 5.44. The summed E-state index contributed by atoms with van der Waals surface area (Å²) >= 11 is 0. The summed E-state index contributed by atoms with van der Waals surface area (Å²) in [7, 11) is 0. The van der Waals surface area contributed by atoms with Crippen molar-refractivity contribution >= 4 is 11.9 Å². The van der Waals surface area contributed by atoms with Gasteiger partial charge in [0.2, 0.25) is 5.95 Å². The molecule has 0 fully saturated rings. The topological polar surface area (TPSA) is 75.1 Å². The van der Waals surface area contributed by atoms with Gasteiger partial charge in [-0.15, -0.1) is 0 Å². The van der Waals surface area contributed by atoms with Crippen LogP contribution in [0.25, 0.3) is 0 Å². The first-order chi connectivity index (χ1) is 7.54. The molecule has 5 nitrogen and oxygen atoms in total. The van der Waals surface area contributed by atoms with E-state index >= 15 is 0 Å². The Morgan fingerprint density at radius 3 is 2.81 bits per heavy atom. The highest BCUT2D eigenvalue weighted by Gasteiger charge is 2.12. The molecule has 1 aromatic heterocycles. The number of nitrogens with one attached hydrogen (secondary N) is 1. The van der Waals surface area contributed by atoms with Crippen molar-refractivity contribution < 1.29 is 9.90 Å². The molecule has 88 valence electrons. The molecule has 0 bridgehead atoms. The summed E-state index contributed by atoms with van der Waals surface area (Å²) in [4.78, 5) is 18.6. The molecule has 16 heavy (non-hydrogen) atoms.